The molecule has 1 aliphatic rings. The predicted molar refractivity (Wildman–Crippen MR) is 130 cm³/mol. The van der Waals surface area contributed by atoms with E-state index in [-0.39, 0.29) is 12.1 Å². The molecule has 166 valence electrons. The van der Waals surface area contributed by atoms with Gasteiger partial charge in [-0.25, -0.2) is 9.78 Å². The van der Waals surface area contributed by atoms with E-state index in [1.807, 2.05) is 50.2 Å². The second-order valence-electron chi connectivity index (χ2n) is 8.25. The lowest BCUT2D eigenvalue weighted by atomic mass is 9.88. The lowest BCUT2D eigenvalue weighted by Gasteiger charge is -2.37. The Hall–Kier alpha value is -2.47. The number of rotatable bonds is 3. The highest BCUT2D eigenvalue weighted by molar-refractivity contribution is 6.36. The van der Waals surface area contributed by atoms with Crippen LogP contribution in [-0.2, 0) is 0 Å². The summed E-state index contributed by atoms with van der Waals surface area (Å²) in [5, 5.41) is 7.28. The summed E-state index contributed by atoms with van der Waals surface area (Å²) in [5.41, 5.74) is 3.42. The van der Waals surface area contributed by atoms with Crippen molar-refractivity contribution in [3.63, 3.8) is 0 Å². The Morgan fingerprint density at radius 2 is 1.72 bits per heavy atom. The number of benzene rings is 2. The van der Waals surface area contributed by atoms with Crippen LogP contribution >= 0.6 is 34.8 Å². The third-order valence-electron chi connectivity index (χ3n) is 5.33. The van der Waals surface area contributed by atoms with Crippen molar-refractivity contribution in [2.45, 2.75) is 31.9 Å². The molecule has 0 spiro atoms. The number of urea groups is 1. The van der Waals surface area contributed by atoms with Crippen molar-refractivity contribution in [3.05, 3.63) is 69.2 Å². The number of aromatic nitrogens is 1. The fraction of sp³-hybridized carbons (Fsp3) is 0.250. The van der Waals surface area contributed by atoms with E-state index in [2.05, 4.69) is 10.6 Å². The number of halogens is 3. The monoisotopic (exact) mass is 489 g/mol. The molecule has 3 aromatic rings. The number of hydrogen-bond donors (Lipinski definition) is 2. The quantitative estimate of drug-likeness (QED) is 0.419. The Balaban J connectivity index is 1.95. The number of carbonyl (C=O) groups is 1. The molecule has 2 heterocycles. The highest BCUT2D eigenvalue weighted by Gasteiger charge is 2.36. The molecular weight excluding hydrogens is 469 g/mol. The summed E-state index contributed by atoms with van der Waals surface area (Å²) in [7, 11) is 1.59. The molecule has 1 atom stereocenters. The van der Waals surface area contributed by atoms with Crippen molar-refractivity contribution < 1.29 is 9.53 Å². The molecule has 1 aromatic heterocycles. The van der Waals surface area contributed by atoms with E-state index < -0.39 is 5.60 Å². The first-order valence-corrected chi connectivity index (χ1v) is 11.2. The normalized spacial score (nSPS) is 16.6. The molecule has 2 aromatic carbocycles. The minimum atomic E-state index is -0.519. The molecule has 2 N–H and O–H groups in total. The van der Waals surface area contributed by atoms with Crippen molar-refractivity contribution in [1.29, 1.82) is 0 Å². The van der Waals surface area contributed by atoms with Crippen LogP contribution in [0.5, 0.6) is 5.88 Å². The second kappa shape index (κ2) is 8.81. The van der Waals surface area contributed by atoms with Gasteiger partial charge in [-0.05, 0) is 55.8 Å². The summed E-state index contributed by atoms with van der Waals surface area (Å²) in [5.74, 6) is 0.460. The van der Waals surface area contributed by atoms with Gasteiger partial charge in [0.05, 0.1) is 16.8 Å². The molecule has 1 aliphatic heterocycles. The van der Waals surface area contributed by atoms with Crippen LogP contribution in [0.2, 0.25) is 15.1 Å². The van der Waals surface area contributed by atoms with Gasteiger partial charge in [0.1, 0.15) is 5.60 Å². The molecule has 0 saturated carbocycles. The molecule has 5 nitrogen and oxygen atoms in total. The van der Waals surface area contributed by atoms with Crippen molar-refractivity contribution in [2.75, 3.05) is 7.05 Å². The summed E-state index contributed by atoms with van der Waals surface area (Å²) < 4.78 is 6.23. The van der Waals surface area contributed by atoms with E-state index in [1.54, 1.807) is 19.2 Å². The average Bonchev–Trinajstić information content (AvgIpc) is 2.73. The Kier molecular flexibility index (Phi) is 6.26. The molecule has 4 rings (SSSR count). The van der Waals surface area contributed by atoms with Crippen LogP contribution in [0.1, 0.15) is 31.9 Å². The summed E-state index contributed by atoms with van der Waals surface area (Å²) in [6.45, 7) is 3.94. The molecule has 0 saturated heterocycles. The first kappa shape index (κ1) is 22.7. The van der Waals surface area contributed by atoms with Crippen LogP contribution in [0.3, 0.4) is 0 Å². The molecule has 0 bridgehead atoms. The molecule has 0 fully saturated rings. The van der Waals surface area contributed by atoms with Crippen LogP contribution in [0, 0.1) is 0 Å². The number of carbonyl (C=O) groups excluding carboxylic acids is 1. The zero-order chi connectivity index (χ0) is 23.0. The highest BCUT2D eigenvalue weighted by Crippen LogP contribution is 2.44. The van der Waals surface area contributed by atoms with Crippen molar-refractivity contribution in [1.82, 2.24) is 15.6 Å². The first-order valence-electron chi connectivity index (χ1n) is 10.1. The highest BCUT2D eigenvalue weighted by atomic mass is 35.5. The Morgan fingerprint density at radius 3 is 2.38 bits per heavy atom. The smallest absolute Gasteiger partial charge is 0.315 e. The molecule has 1 unspecified atom stereocenters. The van der Waals surface area contributed by atoms with Gasteiger partial charge >= 0.3 is 6.03 Å². The summed E-state index contributed by atoms with van der Waals surface area (Å²) in [6, 6.07) is 14.3. The predicted octanol–water partition coefficient (Wildman–Crippen LogP) is 6.91. The second-order valence-corrected chi connectivity index (χ2v) is 9.53. The Labute approximate surface area is 202 Å². The maximum atomic E-state index is 12.1. The Morgan fingerprint density at radius 1 is 1.03 bits per heavy atom. The summed E-state index contributed by atoms with van der Waals surface area (Å²) in [6.07, 6.45) is 0.593. The van der Waals surface area contributed by atoms with Crippen molar-refractivity contribution in [2.24, 2.45) is 0 Å². The van der Waals surface area contributed by atoms with Crippen molar-refractivity contribution in [3.8, 4) is 28.3 Å². The first-order chi connectivity index (χ1) is 15.2. The standard InChI is InChI=1S/C24H22Cl3N3O2/c1-24(2)12-20(29-23(31)28-3)18-11-17(13-4-6-14(25)7-5-13)21(30-22(18)32-24)16-9-8-15(26)10-19(16)27/h4-11,20H,12H2,1-3H3,(H2,28,29,31). The van der Waals surface area contributed by atoms with Crippen LogP contribution in [-0.4, -0.2) is 23.7 Å². The van der Waals surface area contributed by atoms with Crippen molar-refractivity contribution >= 4 is 40.8 Å². The zero-order valence-electron chi connectivity index (χ0n) is 17.8. The molecule has 32 heavy (non-hydrogen) atoms. The minimum Gasteiger partial charge on any atom is -0.471 e. The number of pyridine rings is 1. The topological polar surface area (TPSA) is 63.2 Å². The van der Waals surface area contributed by atoms with Gasteiger partial charge in [-0.2, -0.15) is 0 Å². The van der Waals surface area contributed by atoms with Gasteiger partial charge in [0.2, 0.25) is 5.88 Å². The van der Waals surface area contributed by atoms with Gasteiger partial charge < -0.3 is 15.4 Å². The van der Waals surface area contributed by atoms with E-state index >= 15 is 0 Å². The molecule has 0 aliphatic carbocycles. The van der Waals surface area contributed by atoms with Gasteiger partial charge in [0, 0.05) is 40.2 Å². The maximum Gasteiger partial charge on any atom is 0.315 e. The summed E-state index contributed by atoms with van der Waals surface area (Å²) in [4.78, 5) is 17.0. The summed E-state index contributed by atoms with van der Waals surface area (Å²) >= 11 is 18.8. The molecule has 2 amide bonds. The third kappa shape index (κ3) is 4.65. The van der Waals surface area contributed by atoms with E-state index in [4.69, 9.17) is 44.5 Å². The van der Waals surface area contributed by atoms with Crippen LogP contribution in [0.4, 0.5) is 4.79 Å². The van der Waals surface area contributed by atoms with Crippen LogP contribution < -0.4 is 15.4 Å². The largest absolute Gasteiger partial charge is 0.471 e. The minimum absolute atomic E-state index is 0.267. The number of ether oxygens (including phenoxy) is 1. The zero-order valence-corrected chi connectivity index (χ0v) is 20.1. The maximum absolute atomic E-state index is 12.1. The number of fused-ring (bicyclic) bond motifs is 1. The fourth-order valence-corrected chi connectivity index (χ4v) is 4.47. The molecular formula is C24H22Cl3N3O2. The number of nitrogens with one attached hydrogen (secondary N) is 2. The van der Waals surface area contributed by atoms with Crippen LogP contribution in [0.15, 0.2) is 48.5 Å². The van der Waals surface area contributed by atoms with E-state index in [0.29, 0.717) is 33.1 Å². The lowest BCUT2D eigenvalue weighted by Crippen LogP contribution is -2.44. The van der Waals surface area contributed by atoms with E-state index in [9.17, 15) is 4.79 Å². The number of nitrogens with zero attached hydrogens (tertiary/aromatic N) is 1. The average molecular weight is 491 g/mol. The van der Waals surface area contributed by atoms with Crippen LogP contribution in [0.25, 0.3) is 22.4 Å². The molecule has 0 radical (unpaired) electrons. The van der Waals surface area contributed by atoms with Gasteiger partial charge in [-0.3, -0.25) is 0 Å². The van der Waals surface area contributed by atoms with E-state index in [0.717, 1.165) is 22.3 Å². The van der Waals surface area contributed by atoms with Gasteiger partial charge in [-0.15, -0.1) is 0 Å². The van der Waals surface area contributed by atoms with Gasteiger partial charge in [0.25, 0.3) is 0 Å². The molecule has 8 heteroatoms. The lowest BCUT2D eigenvalue weighted by molar-refractivity contribution is 0.0622. The SMILES string of the molecule is CNC(=O)NC1CC(C)(C)Oc2nc(-c3ccc(Cl)cc3Cl)c(-c3ccc(Cl)cc3)cc21. The number of hydrogen-bond acceptors (Lipinski definition) is 3. The fourth-order valence-electron chi connectivity index (χ4n) is 3.84. The van der Waals surface area contributed by atoms with Gasteiger partial charge in [-0.1, -0.05) is 46.9 Å². The van der Waals surface area contributed by atoms with E-state index in [1.165, 1.54) is 0 Å². The van der Waals surface area contributed by atoms with Gasteiger partial charge in [0.15, 0.2) is 0 Å². The Bertz CT molecular complexity index is 1180. The number of amides is 2. The third-order valence-corrected chi connectivity index (χ3v) is 6.13.